The number of alkyl halides is 1. The Morgan fingerprint density at radius 3 is 2.50 bits per heavy atom. The minimum absolute atomic E-state index is 0.304. The Balaban J connectivity index is 1.53. The maximum atomic E-state index is 12.3. The number of Topliss-reactive ketones (excluding diaryl/α,β-unsaturated/α-hetero) is 1. The highest BCUT2D eigenvalue weighted by atomic mass is 79.9. The van der Waals surface area contributed by atoms with Gasteiger partial charge in [-0.2, -0.15) is 0 Å². The summed E-state index contributed by atoms with van der Waals surface area (Å²) in [4.78, 5) is 14.8. The average Bonchev–Trinajstić information content (AvgIpc) is 2.53. The molecule has 0 radical (unpaired) electrons. The molecule has 1 saturated heterocycles. The molecule has 0 spiro atoms. The molecule has 0 aromatic rings. The highest BCUT2D eigenvalue weighted by Gasteiger charge is 2.34. The standard InChI is InChI=1S/C20H30BrNO2/c1-13(2)16-10-19(14(3)20(23)11-16)22-6-4-17(5-7-22)24-18-8-15(9-18)12-21/h15-18H,1,4-12H2,2-3H3. The molecular weight excluding hydrogens is 366 g/mol. The zero-order valence-electron chi connectivity index (χ0n) is 15.0. The van der Waals surface area contributed by atoms with Crippen molar-refractivity contribution in [3.05, 3.63) is 23.4 Å². The van der Waals surface area contributed by atoms with Crippen LogP contribution in [0.25, 0.3) is 0 Å². The van der Waals surface area contributed by atoms with Crippen LogP contribution >= 0.6 is 15.9 Å². The number of likely N-dealkylation sites (tertiary alicyclic amines) is 1. The maximum absolute atomic E-state index is 12.3. The van der Waals surface area contributed by atoms with Gasteiger partial charge in [-0.1, -0.05) is 28.1 Å². The van der Waals surface area contributed by atoms with Crippen molar-refractivity contribution in [3.63, 3.8) is 0 Å². The number of ketones is 1. The monoisotopic (exact) mass is 395 g/mol. The number of ether oxygens (including phenoxy) is 1. The molecule has 0 aromatic carbocycles. The van der Waals surface area contributed by atoms with Crippen molar-refractivity contribution in [2.24, 2.45) is 11.8 Å². The van der Waals surface area contributed by atoms with Crippen molar-refractivity contribution < 1.29 is 9.53 Å². The van der Waals surface area contributed by atoms with Crippen LogP contribution in [0.3, 0.4) is 0 Å². The largest absolute Gasteiger partial charge is 0.375 e. The second kappa shape index (κ2) is 7.74. The van der Waals surface area contributed by atoms with Gasteiger partial charge in [0.2, 0.25) is 0 Å². The van der Waals surface area contributed by atoms with Crippen LogP contribution < -0.4 is 0 Å². The lowest BCUT2D eigenvalue weighted by Gasteiger charge is -2.42. The van der Waals surface area contributed by atoms with Gasteiger partial charge in [-0.15, -0.1) is 0 Å². The molecular formula is C20H30BrNO2. The summed E-state index contributed by atoms with van der Waals surface area (Å²) in [6, 6.07) is 0. The average molecular weight is 396 g/mol. The van der Waals surface area contributed by atoms with Gasteiger partial charge in [0.1, 0.15) is 0 Å². The predicted octanol–water partition coefficient (Wildman–Crippen LogP) is 4.47. The second-order valence-electron chi connectivity index (χ2n) is 7.88. The van der Waals surface area contributed by atoms with E-state index in [1.165, 1.54) is 18.5 Å². The van der Waals surface area contributed by atoms with Crippen LogP contribution in [-0.2, 0) is 9.53 Å². The minimum atomic E-state index is 0.304. The van der Waals surface area contributed by atoms with Gasteiger partial charge in [-0.3, -0.25) is 4.79 Å². The van der Waals surface area contributed by atoms with Gasteiger partial charge in [0.25, 0.3) is 0 Å². The zero-order valence-corrected chi connectivity index (χ0v) is 16.6. The van der Waals surface area contributed by atoms with E-state index in [4.69, 9.17) is 4.74 Å². The molecule has 1 heterocycles. The Labute approximate surface area is 154 Å². The summed E-state index contributed by atoms with van der Waals surface area (Å²) in [5.41, 5.74) is 3.38. The molecule has 0 N–H and O–H groups in total. The number of hydrogen-bond acceptors (Lipinski definition) is 3. The Morgan fingerprint density at radius 1 is 1.25 bits per heavy atom. The van der Waals surface area contributed by atoms with E-state index in [9.17, 15) is 4.79 Å². The summed E-state index contributed by atoms with van der Waals surface area (Å²) in [7, 11) is 0. The summed E-state index contributed by atoms with van der Waals surface area (Å²) in [5.74, 6) is 1.44. The second-order valence-corrected chi connectivity index (χ2v) is 8.53. The molecule has 4 heteroatoms. The fourth-order valence-corrected chi connectivity index (χ4v) is 4.69. The third-order valence-corrected chi connectivity index (χ3v) is 6.95. The molecule has 24 heavy (non-hydrogen) atoms. The number of rotatable bonds is 5. The normalized spacial score (nSPS) is 32.0. The van der Waals surface area contributed by atoms with Crippen LogP contribution in [0.2, 0.25) is 0 Å². The Morgan fingerprint density at radius 2 is 1.92 bits per heavy atom. The lowest BCUT2D eigenvalue weighted by Crippen LogP contribution is -2.42. The van der Waals surface area contributed by atoms with Gasteiger partial charge in [0.15, 0.2) is 5.78 Å². The van der Waals surface area contributed by atoms with Gasteiger partial charge >= 0.3 is 0 Å². The van der Waals surface area contributed by atoms with E-state index in [1.807, 2.05) is 6.92 Å². The van der Waals surface area contributed by atoms with Gasteiger partial charge in [-0.05, 0) is 57.8 Å². The van der Waals surface area contributed by atoms with Crippen LogP contribution in [0.15, 0.2) is 23.4 Å². The van der Waals surface area contributed by atoms with Crippen LogP contribution in [0.4, 0.5) is 0 Å². The third kappa shape index (κ3) is 3.96. The highest BCUT2D eigenvalue weighted by Crippen LogP contribution is 2.36. The Bertz CT molecular complexity index is 528. The van der Waals surface area contributed by atoms with E-state index < -0.39 is 0 Å². The maximum Gasteiger partial charge on any atom is 0.160 e. The molecule has 2 aliphatic carbocycles. The van der Waals surface area contributed by atoms with Gasteiger partial charge in [0.05, 0.1) is 12.2 Å². The van der Waals surface area contributed by atoms with Gasteiger partial charge < -0.3 is 9.64 Å². The molecule has 3 rings (SSSR count). The molecule has 1 atom stereocenters. The molecule has 3 nitrogen and oxygen atoms in total. The molecule has 1 saturated carbocycles. The highest BCUT2D eigenvalue weighted by molar-refractivity contribution is 9.09. The first-order valence-electron chi connectivity index (χ1n) is 9.32. The number of carbonyl (C=O) groups excluding carboxylic acids is 1. The fourth-order valence-electron chi connectivity index (χ4n) is 4.16. The van der Waals surface area contributed by atoms with E-state index in [-0.39, 0.29) is 0 Å². The third-order valence-electron chi connectivity index (χ3n) is 6.04. The minimum Gasteiger partial charge on any atom is -0.375 e. The van der Waals surface area contributed by atoms with Crippen LogP contribution in [0, 0.1) is 11.8 Å². The van der Waals surface area contributed by atoms with E-state index >= 15 is 0 Å². The van der Waals surface area contributed by atoms with Crippen molar-refractivity contribution in [3.8, 4) is 0 Å². The van der Waals surface area contributed by atoms with E-state index in [0.29, 0.717) is 30.3 Å². The summed E-state index contributed by atoms with van der Waals surface area (Å²) in [6.45, 7) is 10.2. The molecule has 0 aromatic heterocycles. The SMILES string of the molecule is C=C(C)C1CC(=O)C(C)=C(N2CCC(OC3CC(CBr)C3)CC2)C1. The number of carbonyl (C=O) groups is 1. The number of nitrogens with zero attached hydrogens (tertiary/aromatic N) is 1. The van der Waals surface area contributed by atoms with Crippen LogP contribution in [0.1, 0.15) is 52.4 Å². The first-order valence-corrected chi connectivity index (χ1v) is 10.4. The van der Waals surface area contributed by atoms with Crippen molar-refractivity contribution in [1.82, 2.24) is 4.90 Å². The number of allylic oxidation sites excluding steroid dienone is 3. The van der Waals surface area contributed by atoms with Crippen LogP contribution in [0.5, 0.6) is 0 Å². The molecule has 3 aliphatic rings. The van der Waals surface area contributed by atoms with E-state index in [0.717, 1.165) is 54.7 Å². The lowest BCUT2D eigenvalue weighted by atomic mass is 9.82. The Hall–Kier alpha value is -0.610. The van der Waals surface area contributed by atoms with Crippen molar-refractivity contribution in [2.45, 2.75) is 64.6 Å². The summed E-state index contributed by atoms with van der Waals surface area (Å²) in [5, 5.41) is 1.11. The van der Waals surface area contributed by atoms with Gasteiger partial charge in [-0.25, -0.2) is 0 Å². The predicted molar refractivity (Wildman–Crippen MR) is 101 cm³/mol. The van der Waals surface area contributed by atoms with Crippen molar-refractivity contribution >= 4 is 21.7 Å². The summed E-state index contributed by atoms with van der Waals surface area (Å²) in [6.07, 6.45) is 7.09. The summed E-state index contributed by atoms with van der Waals surface area (Å²) < 4.78 is 6.26. The molecule has 2 fully saturated rings. The Kier molecular flexibility index (Phi) is 5.86. The fraction of sp³-hybridized carbons (Fsp3) is 0.750. The van der Waals surface area contributed by atoms with Crippen molar-refractivity contribution in [1.29, 1.82) is 0 Å². The van der Waals surface area contributed by atoms with Crippen LogP contribution in [-0.4, -0.2) is 41.3 Å². The molecule has 134 valence electrons. The number of hydrogen-bond donors (Lipinski definition) is 0. The van der Waals surface area contributed by atoms with E-state index in [1.54, 1.807) is 0 Å². The smallest absolute Gasteiger partial charge is 0.160 e. The molecule has 0 bridgehead atoms. The lowest BCUT2D eigenvalue weighted by molar-refractivity contribution is -0.117. The molecule has 1 unspecified atom stereocenters. The molecule has 1 aliphatic heterocycles. The summed E-state index contributed by atoms with van der Waals surface area (Å²) >= 11 is 3.56. The number of piperidine rings is 1. The first kappa shape index (κ1) is 18.2. The zero-order chi connectivity index (χ0) is 17.3. The van der Waals surface area contributed by atoms with Gasteiger partial charge in [0, 0.05) is 36.1 Å². The first-order chi connectivity index (χ1) is 11.5. The van der Waals surface area contributed by atoms with Crippen molar-refractivity contribution in [2.75, 3.05) is 18.4 Å². The number of halogens is 1. The van der Waals surface area contributed by atoms with E-state index in [2.05, 4.69) is 34.3 Å². The molecule has 0 amide bonds. The topological polar surface area (TPSA) is 29.5 Å². The quantitative estimate of drug-likeness (QED) is 0.507.